The second-order valence-electron chi connectivity index (χ2n) is 4.41. The molecule has 0 atom stereocenters. The summed E-state index contributed by atoms with van der Waals surface area (Å²) in [5, 5.41) is 8.25. The van der Waals surface area contributed by atoms with Gasteiger partial charge < -0.3 is 9.90 Å². The molecular formula is C13H31O5P2+. The van der Waals surface area contributed by atoms with Crippen molar-refractivity contribution < 1.29 is 24.3 Å². The van der Waals surface area contributed by atoms with Crippen LogP contribution in [0, 0.1) is 0 Å². The van der Waals surface area contributed by atoms with Crippen LogP contribution < -0.4 is 5.11 Å². The van der Waals surface area contributed by atoms with Gasteiger partial charge in [0.25, 0.3) is 0 Å². The van der Waals surface area contributed by atoms with E-state index in [9.17, 15) is 0 Å². The van der Waals surface area contributed by atoms with E-state index >= 15 is 0 Å². The summed E-state index contributed by atoms with van der Waals surface area (Å²) in [4.78, 5) is 22.5. The van der Waals surface area contributed by atoms with Crippen LogP contribution in [-0.2, 0) is 9.36 Å². The second kappa shape index (κ2) is 24.0. The maximum atomic E-state index is 8.70. The molecule has 0 aliphatic heterocycles. The van der Waals surface area contributed by atoms with E-state index in [-0.39, 0.29) is 7.92 Å². The van der Waals surface area contributed by atoms with Crippen LogP contribution in [0.2, 0.25) is 0 Å². The van der Waals surface area contributed by atoms with Crippen molar-refractivity contribution in [3.63, 3.8) is 0 Å². The van der Waals surface area contributed by atoms with E-state index < -0.39 is 14.7 Å². The minimum atomic E-state index is -2.87. The summed E-state index contributed by atoms with van der Waals surface area (Å²) >= 11 is 0. The smallest absolute Gasteiger partial charge is 0.554 e. The molecule has 0 aliphatic carbocycles. The van der Waals surface area contributed by atoms with Gasteiger partial charge in [-0.3, -0.25) is 0 Å². The van der Waals surface area contributed by atoms with Crippen LogP contribution in [0.1, 0.15) is 59.3 Å². The van der Waals surface area contributed by atoms with Crippen molar-refractivity contribution in [3.05, 3.63) is 0 Å². The lowest BCUT2D eigenvalue weighted by Crippen LogP contribution is -2.01. The molecule has 0 aromatic carbocycles. The number of rotatable bonds is 9. The Morgan fingerprint density at radius 3 is 1.30 bits per heavy atom. The van der Waals surface area contributed by atoms with Gasteiger partial charge in [-0.05, 0) is 19.3 Å². The summed E-state index contributed by atoms with van der Waals surface area (Å²) in [6.45, 7) is 6.46. The Balaban J connectivity index is -0.000000343. The molecule has 7 heteroatoms. The fourth-order valence-corrected chi connectivity index (χ4v) is 4.97. The lowest BCUT2D eigenvalue weighted by molar-refractivity contribution is -0.283. The molecule has 0 rings (SSSR count). The molecule has 5 nitrogen and oxygen atoms in total. The van der Waals surface area contributed by atoms with Crippen molar-refractivity contribution in [2.75, 3.05) is 18.5 Å². The molecule has 0 aromatic heterocycles. The zero-order chi connectivity index (χ0) is 16.2. The maximum absolute atomic E-state index is 8.70. The summed E-state index contributed by atoms with van der Waals surface area (Å²) in [5.41, 5.74) is 0. The highest BCUT2D eigenvalue weighted by Gasteiger charge is 2.12. The number of hydrogen-bond acceptors (Lipinski definition) is 3. The molecule has 0 saturated heterocycles. The summed E-state index contributed by atoms with van der Waals surface area (Å²) in [6.07, 6.45) is 13.4. The highest BCUT2D eigenvalue weighted by Crippen LogP contribution is 2.38. The molecule has 2 N–H and O–H groups in total. The lowest BCUT2D eigenvalue weighted by atomic mass is 10.4. The molecule has 0 bridgehead atoms. The monoisotopic (exact) mass is 329 g/mol. The summed E-state index contributed by atoms with van der Waals surface area (Å²) in [5.74, 6) is 0. The standard InChI is InChI=1S/C12H27P.CH2O2.HO3P/c1-4-7-10-13(11-8-5-2)12-9-6-3;2-1-3;1-4(2)3/h4-12H2,1-3H3;1H,(H,2,3);(H-,1,2,3)/p+1. The Bertz CT molecular complexity index is 180. The first-order valence-corrected chi connectivity index (χ1v) is 10.5. The minimum absolute atomic E-state index is 0.0675. The average Bonchev–Trinajstić information content (AvgIpc) is 2.38. The predicted molar refractivity (Wildman–Crippen MR) is 85.7 cm³/mol. The summed E-state index contributed by atoms with van der Waals surface area (Å²) in [7, 11) is -2.80. The largest absolute Gasteiger partial charge is 0.692 e. The van der Waals surface area contributed by atoms with E-state index in [4.69, 9.17) is 24.3 Å². The maximum Gasteiger partial charge on any atom is 0.692 e. The SMILES string of the molecule is CCCC[PH+](CCCC)CCCC.O=C[O-].O=[P+](O)O. The van der Waals surface area contributed by atoms with Gasteiger partial charge in [-0.1, -0.05) is 40.0 Å². The van der Waals surface area contributed by atoms with Gasteiger partial charge in [-0.25, -0.2) is 0 Å². The molecule has 0 fully saturated rings. The number of carbonyl (C=O) groups excluding carboxylic acids is 1. The van der Waals surface area contributed by atoms with Crippen molar-refractivity contribution in [3.8, 4) is 0 Å². The van der Waals surface area contributed by atoms with E-state index in [1.807, 2.05) is 0 Å². The molecule has 0 aromatic rings. The third-order valence-electron chi connectivity index (χ3n) is 2.65. The Hall–Kier alpha value is -0.0800. The predicted octanol–water partition coefficient (Wildman–Crippen LogP) is 2.60. The first-order valence-electron chi connectivity index (χ1n) is 7.24. The van der Waals surface area contributed by atoms with Crippen molar-refractivity contribution in [1.29, 1.82) is 0 Å². The van der Waals surface area contributed by atoms with Crippen LogP contribution in [0.5, 0.6) is 0 Å². The van der Waals surface area contributed by atoms with Gasteiger partial charge in [-0.15, -0.1) is 9.79 Å². The number of hydrogen-bond donors (Lipinski definition) is 2. The third kappa shape index (κ3) is 36.1. The van der Waals surface area contributed by atoms with Gasteiger partial charge in [0, 0.05) is 19.0 Å². The van der Waals surface area contributed by atoms with Gasteiger partial charge in [0.05, 0.1) is 18.5 Å². The Kier molecular flexibility index (Phi) is 29.9. The Labute approximate surface area is 125 Å². The molecule has 0 spiro atoms. The molecule has 0 aliphatic rings. The molecule has 0 heterocycles. The van der Waals surface area contributed by atoms with Gasteiger partial charge in [0.15, 0.2) is 0 Å². The molecule has 0 unspecified atom stereocenters. The summed E-state index contributed by atoms with van der Waals surface area (Å²) in [6, 6.07) is 0. The van der Waals surface area contributed by atoms with Crippen molar-refractivity contribution >= 4 is 22.6 Å². The van der Waals surface area contributed by atoms with Gasteiger partial charge >= 0.3 is 8.25 Å². The van der Waals surface area contributed by atoms with Crippen LogP contribution >= 0.6 is 16.2 Å². The fourth-order valence-electron chi connectivity index (χ4n) is 1.66. The average molecular weight is 329 g/mol. The Morgan fingerprint density at radius 1 is 0.950 bits per heavy atom. The fraction of sp³-hybridized carbons (Fsp3) is 0.923. The first-order chi connectivity index (χ1) is 9.49. The second-order valence-corrected chi connectivity index (χ2v) is 7.92. The van der Waals surface area contributed by atoms with Crippen molar-refractivity contribution in [2.45, 2.75) is 59.3 Å². The van der Waals surface area contributed by atoms with Gasteiger partial charge in [0.2, 0.25) is 0 Å². The van der Waals surface area contributed by atoms with E-state index in [2.05, 4.69) is 20.8 Å². The number of carbonyl (C=O) groups is 1. The van der Waals surface area contributed by atoms with Crippen molar-refractivity contribution in [1.82, 2.24) is 0 Å². The number of carboxylic acid groups (broad SMARTS) is 1. The topological polar surface area (TPSA) is 97.7 Å². The molecule has 0 radical (unpaired) electrons. The molecule has 0 amide bonds. The van der Waals surface area contributed by atoms with Crippen molar-refractivity contribution in [2.24, 2.45) is 0 Å². The van der Waals surface area contributed by atoms with Crippen LogP contribution in [0.4, 0.5) is 0 Å². The van der Waals surface area contributed by atoms with Crippen LogP contribution in [0.3, 0.4) is 0 Å². The summed E-state index contributed by atoms with van der Waals surface area (Å²) < 4.78 is 8.70. The third-order valence-corrected chi connectivity index (χ3v) is 5.83. The molecule has 122 valence electrons. The molecule has 20 heavy (non-hydrogen) atoms. The first kappa shape index (κ1) is 24.9. The van der Waals surface area contributed by atoms with Crippen LogP contribution in [0.15, 0.2) is 0 Å². The van der Waals surface area contributed by atoms with E-state index in [0.29, 0.717) is 0 Å². The highest BCUT2D eigenvalue weighted by molar-refractivity contribution is 7.57. The highest BCUT2D eigenvalue weighted by atomic mass is 31.1. The van der Waals surface area contributed by atoms with Crippen LogP contribution in [-0.4, -0.2) is 34.7 Å². The Morgan fingerprint density at radius 2 is 1.15 bits per heavy atom. The molecule has 0 saturated carbocycles. The quantitative estimate of drug-likeness (QED) is 0.500. The lowest BCUT2D eigenvalue weighted by Gasteiger charge is -2.09. The number of unbranched alkanes of at least 4 members (excludes halogenated alkanes) is 3. The minimum Gasteiger partial charge on any atom is -0.554 e. The zero-order valence-electron chi connectivity index (χ0n) is 13.0. The van der Waals surface area contributed by atoms with Gasteiger partial charge in [0.1, 0.15) is 0 Å². The van der Waals surface area contributed by atoms with E-state index in [0.717, 1.165) is 0 Å². The zero-order valence-corrected chi connectivity index (χ0v) is 14.9. The molecular weight excluding hydrogens is 298 g/mol. The normalized spacial score (nSPS) is 9.10. The van der Waals surface area contributed by atoms with Crippen LogP contribution in [0.25, 0.3) is 0 Å². The van der Waals surface area contributed by atoms with E-state index in [1.165, 1.54) is 38.5 Å². The van der Waals surface area contributed by atoms with Gasteiger partial charge in [-0.2, -0.15) is 0 Å². The van der Waals surface area contributed by atoms with E-state index in [1.54, 1.807) is 18.5 Å².